The molecule has 0 aliphatic heterocycles. The van der Waals surface area contributed by atoms with Gasteiger partial charge in [-0.15, -0.1) is 10.2 Å². The maximum Gasteiger partial charge on any atom is 0.274 e. The standard InChI is InChI=1S/C24H16ClF2N5O4S2/c1-32-23(33)18-8-15(38(34,35)31-24-29-28-11-37-24)3-4-16(18)22(30-32)19-9-20(25)17(10-21(19)36-2)12-5-13(26)7-14(27)6-12/h3-11H,1-2H3,(H,29,31). The largest absolute Gasteiger partial charge is 0.496 e. The quantitative estimate of drug-likeness (QED) is 0.307. The molecule has 1 N–H and O–H groups in total. The van der Waals surface area contributed by atoms with Gasteiger partial charge < -0.3 is 4.74 Å². The van der Waals surface area contributed by atoms with Crippen LogP contribution >= 0.6 is 22.9 Å². The lowest BCUT2D eigenvalue weighted by molar-refractivity contribution is 0.416. The normalized spacial score (nSPS) is 11.6. The van der Waals surface area contributed by atoms with Crippen LogP contribution in [0.15, 0.2) is 63.7 Å². The van der Waals surface area contributed by atoms with E-state index < -0.39 is 27.2 Å². The van der Waals surface area contributed by atoms with Crippen LogP contribution in [-0.4, -0.2) is 35.5 Å². The second-order valence-electron chi connectivity index (χ2n) is 8.02. The van der Waals surface area contributed by atoms with Crippen LogP contribution in [-0.2, 0) is 17.1 Å². The number of hydrogen-bond acceptors (Lipinski definition) is 8. The third-order valence-electron chi connectivity index (χ3n) is 5.63. The number of ether oxygens (including phenoxy) is 1. The highest BCUT2D eigenvalue weighted by atomic mass is 35.5. The molecule has 0 radical (unpaired) electrons. The summed E-state index contributed by atoms with van der Waals surface area (Å²) in [5.74, 6) is -1.27. The van der Waals surface area contributed by atoms with E-state index in [1.54, 1.807) is 0 Å². The van der Waals surface area contributed by atoms with Crippen molar-refractivity contribution < 1.29 is 21.9 Å². The van der Waals surface area contributed by atoms with Gasteiger partial charge in [-0.3, -0.25) is 9.52 Å². The van der Waals surface area contributed by atoms with E-state index in [4.69, 9.17) is 16.3 Å². The van der Waals surface area contributed by atoms with Crippen LogP contribution in [0.1, 0.15) is 0 Å². The fraction of sp³-hybridized carbons (Fsp3) is 0.0833. The number of hydrogen-bond donors (Lipinski definition) is 1. The number of anilines is 1. The Morgan fingerprint density at radius 2 is 1.76 bits per heavy atom. The molecule has 9 nitrogen and oxygen atoms in total. The minimum atomic E-state index is -4.06. The molecule has 5 aromatic rings. The van der Waals surface area contributed by atoms with Gasteiger partial charge >= 0.3 is 0 Å². The Labute approximate surface area is 223 Å². The number of sulfonamides is 1. The van der Waals surface area contributed by atoms with Gasteiger partial charge in [0.25, 0.3) is 15.6 Å². The number of methoxy groups -OCH3 is 1. The molecular weight excluding hydrogens is 560 g/mol. The molecule has 38 heavy (non-hydrogen) atoms. The molecule has 0 aliphatic rings. The Balaban J connectivity index is 1.68. The molecule has 0 aliphatic carbocycles. The van der Waals surface area contributed by atoms with Crippen molar-refractivity contribution in [1.82, 2.24) is 20.0 Å². The zero-order chi connectivity index (χ0) is 27.2. The first kappa shape index (κ1) is 25.7. The zero-order valence-corrected chi connectivity index (χ0v) is 22.0. The number of rotatable bonds is 6. The maximum atomic E-state index is 13.8. The smallest absolute Gasteiger partial charge is 0.274 e. The summed E-state index contributed by atoms with van der Waals surface area (Å²) >= 11 is 7.53. The summed E-state index contributed by atoms with van der Waals surface area (Å²) in [6, 6.07) is 10.1. The third kappa shape index (κ3) is 4.71. The first-order valence-corrected chi connectivity index (χ1v) is 13.5. The van der Waals surface area contributed by atoms with Crippen molar-refractivity contribution >= 4 is 48.9 Å². The molecule has 0 fully saturated rings. The van der Waals surface area contributed by atoms with Crippen LogP contribution in [0.3, 0.4) is 0 Å². The summed E-state index contributed by atoms with van der Waals surface area (Å²) in [5.41, 5.74) is 2.01. The van der Waals surface area contributed by atoms with E-state index in [0.717, 1.165) is 34.2 Å². The van der Waals surface area contributed by atoms with Crippen LogP contribution < -0.4 is 15.0 Å². The molecular formula is C24H16ClF2N5O4S2. The van der Waals surface area contributed by atoms with Crippen molar-refractivity contribution in [1.29, 1.82) is 0 Å². The summed E-state index contributed by atoms with van der Waals surface area (Å²) < 4.78 is 62.3. The Bertz CT molecular complexity index is 1860. The van der Waals surface area contributed by atoms with Crippen molar-refractivity contribution in [3.05, 3.63) is 81.1 Å². The van der Waals surface area contributed by atoms with E-state index in [1.165, 1.54) is 50.0 Å². The van der Waals surface area contributed by atoms with E-state index in [1.807, 2.05) is 0 Å². The zero-order valence-electron chi connectivity index (χ0n) is 19.6. The first-order valence-electron chi connectivity index (χ1n) is 10.7. The molecule has 14 heteroatoms. The van der Waals surface area contributed by atoms with Gasteiger partial charge in [0.15, 0.2) is 0 Å². The van der Waals surface area contributed by atoms with Gasteiger partial charge in [0.2, 0.25) is 5.13 Å². The predicted molar refractivity (Wildman–Crippen MR) is 140 cm³/mol. The number of nitrogens with one attached hydrogen (secondary N) is 1. The average Bonchev–Trinajstić information content (AvgIpc) is 3.37. The molecule has 2 aromatic heterocycles. The predicted octanol–water partition coefficient (Wildman–Crippen LogP) is 4.86. The summed E-state index contributed by atoms with van der Waals surface area (Å²) in [7, 11) is -1.24. The number of aromatic nitrogens is 4. The fourth-order valence-corrected chi connectivity index (χ4v) is 5.92. The van der Waals surface area contributed by atoms with Gasteiger partial charge in [-0.2, -0.15) is 5.10 Å². The molecule has 5 rings (SSSR count). The molecule has 0 amide bonds. The first-order chi connectivity index (χ1) is 18.1. The molecule has 0 bridgehead atoms. The highest BCUT2D eigenvalue weighted by Gasteiger charge is 2.22. The molecule has 0 saturated carbocycles. The van der Waals surface area contributed by atoms with Crippen LogP contribution in [0.4, 0.5) is 13.9 Å². The maximum absolute atomic E-state index is 13.8. The van der Waals surface area contributed by atoms with Gasteiger partial charge in [0.1, 0.15) is 28.6 Å². The van der Waals surface area contributed by atoms with Gasteiger partial charge in [-0.05, 0) is 42.0 Å². The van der Waals surface area contributed by atoms with Crippen LogP contribution in [0, 0.1) is 11.6 Å². The van der Waals surface area contributed by atoms with Crippen molar-refractivity contribution in [3.63, 3.8) is 0 Å². The lowest BCUT2D eigenvalue weighted by Crippen LogP contribution is -2.21. The highest BCUT2D eigenvalue weighted by molar-refractivity contribution is 7.93. The second-order valence-corrected chi connectivity index (χ2v) is 10.9. The lowest BCUT2D eigenvalue weighted by Gasteiger charge is -2.15. The van der Waals surface area contributed by atoms with E-state index >= 15 is 0 Å². The van der Waals surface area contributed by atoms with Gasteiger partial charge in [0, 0.05) is 34.6 Å². The molecule has 0 spiro atoms. The number of aryl methyl sites for hydroxylation is 1. The lowest BCUT2D eigenvalue weighted by atomic mass is 9.99. The molecule has 3 aromatic carbocycles. The van der Waals surface area contributed by atoms with Gasteiger partial charge in [-0.1, -0.05) is 29.0 Å². The molecule has 0 atom stereocenters. The molecule has 0 saturated heterocycles. The van der Waals surface area contributed by atoms with E-state index in [2.05, 4.69) is 20.0 Å². The number of fused-ring (bicyclic) bond motifs is 1. The topological polar surface area (TPSA) is 116 Å². The number of nitrogens with zero attached hydrogens (tertiary/aromatic N) is 4. The van der Waals surface area contributed by atoms with Crippen LogP contribution in [0.5, 0.6) is 5.75 Å². The summed E-state index contributed by atoms with van der Waals surface area (Å²) in [6.07, 6.45) is 0. The SMILES string of the molecule is COc1cc(-c2cc(F)cc(F)c2)c(Cl)cc1-c1nn(C)c(=O)c2cc(S(=O)(=O)Nc3nncs3)ccc12. The summed E-state index contributed by atoms with van der Waals surface area (Å²) in [4.78, 5) is 12.8. The van der Waals surface area contributed by atoms with E-state index in [-0.39, 0.29) is 37.4 Å². The summed E-state index contributed by atoms with van der Waals surface area (Å²) in [6.45, 7) is 0. The number of halogens is 3. The Morgan fingerprint density at radius 1 is 1.03 bits per heavy atom. The van der Waals surface area contributed by atoms with Crippen molar-refractivity contribution in [3.8, 4) is 28.1 Å². The Morgan fingerprint density at radius 3 is 2.42 bits per heavy atom. The monoisotopic (exact) mass is 575 g/mol. The average molecular weight is 576 g/mol. The Hall–Kier alpha value is -3.94. The molecule has 0 unspecified atom stereocenters. The highest BCUT2D eigenvalue weighted by Crippen LogP contribution is 2.40. The minimum Gasteiger partial charge on any atom is -0.496 e. The van der Waals surface area contributed by atoms with Gasteiger partial charge in [0.05, 0.1) is 17.4 Å². The van der Waals surface area contributed by atoms with E-state index in [9.17, 15) is 22.0 Å². The Kier molecular flexibility index (Phi) is 6.59. The van der Waals surface area contributed by atoms with Crippen LogP contribution in [0.25, 0.3) is 33.2 Å². The number of benzene rings is 3. The van der Waals surface area contributed by atoms with Crippen LogP contribution in [0.2, 0.25) is 5.02 Å². The fourth-order valence-electron chi connectivity index (χ4n) is 3.93. The van der Waals surface area contributed by atoms with Crippen molar-refractivity contribution in [2.45, 2.75) is 4.90 Å². The van der Waals surface area contributed by atoms with Crippen molar-refractivity contribution in [2.75, 3.05) is 11.8 Å². The second kappa shape index (κ2) is 9.74. The summed E-state index contributed by atoms with van der Waals surface area (Å²) in [5, 5.41) is 12.3. The molecule has 2 heterocycles. The van der Waals surface area contributed by atoms with Crippen molar-refractivity contribution in [2.24, 2.45) is 7.05 Å². The van der Waals surface area contributed by atoms with E-state index in [0.29, 0.717) is 16.5 Å². The third-order valence-corrected chi connectivity index (χ3v) is 8.02. The van der Waals surface area contributed by atoms with Gasteiger partial charge in [-0.25, -0.2) is 21.9 Å². The minimum absolute atomic E-state index is 0.0751. The molecule has 194 valence electrons.